The minimum atomic E-state index is -0.606. The van der Waals surface area contributed by atoms with Gasteiger partial charge in [-0.2, -0.15) is 0 Å². The molecule has 0 saturated heterocycles. The van der Waals surface area contributed by atoms with Crippen LogP contribution in [0.15, 0.2) is 23.0 Å². The highest BCUT2D eigenvalue weighted by Crippen LogP contribution is 2.17. The lowest BCUT2D eigenvalue weighted by molar-refractivity contribution is -0.125. The maximum atomic E-state index is 12.8. The smallest absolute Gasteiger partial charge is 0.338 e. The Bertz CT molecular complexity index is 978. The van der Waals surface area contributed by atoms with Gasteiger partial charge in [-0.25, -0.2) is 9.78 Å². The molecule has 1 amide bonds. The second-order valence-electron chi connectivity index (χ2n) is 8.24. The third kappa shape index (κ3) is 5.02. The molecule has 0 radical (unpaired) electrons. The summed E-state index contributed by atoms with van der Waals surface area (Å²) in [6.07, 6.45) is 5.76. The van der Waals surface area contributed by atoms with Crippen LogP contribution in [0.25, 0.3) is 10.9 Å². The zero-order valence-corrected chi connectivity index (χ0v) is 17.4. The maximum absolute atomic E-state index is 12.8. The largest absolute Gasteiger partial charge is 0.452 e. The van der Waals surface area contributed by atoms with Crippen LogP contribution in [-0.2, 0) is 22.5 Å². The number of rotatable bonds is 5. The van der Waals surface area contributed by atoms with Crippen molar-refractivity contribution in [1.29, 1.82) is 0 Å². The number of aromatic nitrogens is 2. The number of nitrogens with zero attached hydrogens (tertiary/aromatic N) is 2. The van der Waals surface area contributed by atoms with Gasteiger partial charge in [0.05, 0.1) is 16.5 Å². The quantitative estimate of drug-likeness (QED) is 0.781. The number of fused-ring (bicyclic) bond motifs is 2. The lowest BCUT2D eigenvalue weighted by atomic mass is 10.0. The molecule has 0 bridgehead atoms. The third-order valence-corrected chi connectivity index (χ3v) is 5.50. The molecule has 1 aromatic heterocycles. The molecule has 0 spiro atoms. The summed E-state index contributed by atoms with van der Waals surface area (Å²) in [7, 11) is 0. The minimum absolute atomic E-state index is 0.0620. The number of amides is 1. The first-order valence-electron chi connectivity index (χ1n) is 10.3. The Labute approximate surface area is 170 Å². The van der Waals surface area contributed by atoms with Gasteiger partial charge in [-0.15, -0.1) is 0 Å². The van der Waals surface area contributed by atoms with Crippen LogP contribution in [0, 0.1) is 0 Å². The van der Waals surface area contributed by atoms with E-state index in [-0.39, 0.29) is 29.2 Å². The molecule has 0 fully saturated rings. The monoisotopic (exact) mass is 399 g/mol. The van der Waals surface area contributed by atoms with Crippen molar-refractivity contribution in [3.05, 3.63) is 39.9 Å². The van der Waals surface area contributed by atoms with Gasteiger partial charge in [-0.05, 0) is 51.3 Å². The van der Waals surface area contributed by atoms with Crippen LogP contribution in [-0.4, -0.2) is 33.6 Å². The minimum Gasteiger partial charge on any atom is -0.452 e. The number of carbonyl (C=O) groups is 2. The van der Waals surface area contributed by atoms with E-state index in [4.69, 9.17) is 4.74 Å². The molecule has 1 aliphatic heterocycles. The van der Waals surface area contributed by atoms with E-state index in [0.717, 1.165) is 44.3 Å². The Morgan fingerprint density at radius 1 is 1.21 bits per heavy atom. The van der Waals surface area contributed by atoms with Crippen molar-refractivity contribution in [1.82, 2.24) is 14.9 Å². The zero-order valence-electron chi connectivity index (χ0n) is 17.4. The van der Waals surface area contributed by atoms with E-state index in [9.17, 15) is 14.4 Å². The molecule has 1 N–H and O–H groups in total. The van der Waals surface area contributed by atoms with Crippen molar-refractivity contribution in [2.75, 3.05) is 6.61 Å². The normalized spacial score (nSPS) is 14.6. The number of hydrogen-bond acceptors (Lipinski definition) is 5. The Kier molecular flexibility index (Phi) is 6.35. The van der Waals surface area contributed by atoms with Crippen molar-refractivity contribution in [3.8, 4) is 0 Å². The first-order valence-corrected chi connectivity index (χ1v) is 10.3. The van der Waals surface area contributed by atoms with E-state index >= 15 is 0 Å². The van der Waals surface area contributed by atoms with E-state index in [1.165, 1.54) is 0 Å². The molecular weight excluding hydrogens is 370 g/mol. The first-order chi connectivity index (χ1) is 13.8. The molecule has 7 nitrogen and oxygen atoms in total. The fourth-order valence-corrected chi connectivity index (χ4v) is 3.44. The van der Waals surface area contributed by atoms with Crippen LogP contribution in [0.1, 0.15) is 69.1 Å². The molecule has 0 unspecified atom stereocenters. The average molecular weight is 399 g/mol. The third-order valence-electron chi connectivity index (χ3n) is 5.50. The standard InChI is InChI=1S/C22H29N3O4/c1-4-22(2,3)24-19(26)14-29-21(28)15-10-11-16-17(13-15)23-18-9-7-5-6-8-12-25(18)20(16)27/h10-11,13H,4-9,12,14H2,1-3H3,(H,24,26). The van der Waals surface area contributed by atoms with Gasteiger partial charge in [0.2, 0.25) is 0 Å². The van der Waals surface area contributed by atoms with E-state index in [1.807, 2.05) is 20.8 Å². The van der Waals surface area contributed by atoms with Crippen molar-refractivity contribution < 1.29 is 14.3 Å². The van der Waals surface area contributed by atoms with Gasteiger partial charge in [0, 0.05) is 18.5 Å². The van der Waals surface area contributed by atoms with Crippen molar-refractivity contribution >= 4 is 22.8 Å². The number of benzene rings is 1. The van der Waals surface area contributed by atoms with Crippen molar-refractivity contribution in [2.45, 2.75) is 71.4 Å². The van der Waals surface area contributed by atoms with Crippen LogP contribution < -0.4 is 10.9 Å². The second kappa shape index (κ2) is 8.76. The average Bonchev–Trinajstić information content (AvgIpc) is 2.67. The fourth-order valence-electron chi connectivity index (χ4n) is 3.44. The number of carbonyl (C=O) groups excluding carboxylic acids is 2. The van der Waals surface area contributed by atoms with Crippen LogP contribution in [0.2, 0.25) is 0 Å². The SMILES string of the molecule is CCC(C)(C)NC(=O)COC(=O)c1ccc2c(=O)n3c(nc2c1)CCCCCC3. The van der Waals surface area contributed by atoms with Gasteiger partial charge in [0.1, 0.15) is 5.82 Å². The van der Waals surface area contributed by atoms with Gasteiger partial charge in [0.15, 0.2) is 6.61 Å². The molecule has 156 valence electrons. The van der Waals surface area contributed by atoms with Crippen molar-refractivity contribution in [2.24, 2.45) is 0 Å². The summed E-state index contributed by atoms with van der Waals surface area (Å²) >= 11 is 0. The molecule has 7 heteroatoms. The van der Waals surface area contributed by atoms with Gasteiger partial charge < -0.3 is 10.1 Å². The molecular formula is C22H29N3O4. The summed E-state index contributed by atoms with van der Waals surface area (Å²) in [5, 5.41) is 3.32. The predicted octanol–water partition coefficient (Wildman–Crippen LogP) is 2.97. The molecule has 29 heavy (non-hydrogen) atoms. The van der Waals surface area contributed by atoms with E-state index in [2.05, 4.69) is 10.3 Å². The van der Waals surface area contributed by atoms with E-state index < -0.39 is 5.97 Å². The summed E-state index contributed by atoms with van der Waals surface area (Å²) in [5.74, 6) is -0.178. The number of nitrogens with one attached hydrogen (secondary N) is 1. The molecule has 0 aliphatic carbocycles. The Morgan fingerprint density at radius 3 is 2.72 bits per heavy atom. The van der Waals surface area contributed by atoms with Crippen LogP contribution in [0.3, 0.4) is 0 Å². The van der Waals surface area contributed by atoms with Crippen LogP contribution in [0.4, 0.5) is 0 Å². The molecule has 3 rings (SSSR count). The number of ether oxygens (including phenoxy) is 1. The number of hydrogen-bond donors (Lipinski definition) is 1. The highest BCUT2D eigenvalue weighted by molar-refractivity contribution is 5.95. The van der Waals surface area contributed by atoms with Gasteiger partial charge in [-0.3, -0.25) is 14.2 Å². The van der Waals surface area contributed by atoms with Crippen molar-refractivity contribution in [3.63, 3.8) is 0 Å². The topological polar surface area (TPSA) is 90.3 Å². The predicted molar refractivity (Wildman–Crippen MR) is 111 cm³/mol. The molecule has 0 saturated carbocycles. The second-order valence-corrected chi connectivity index (χ2v) is 8.24. The lowest BCUT2D eigenvalue weighted by Gasteiger charge is -2.24. The zero-order chi connectivity index (χ0) is 21.0. The Balaban J connectivity index is 1.78. The van der Waals surface area contributed by atoms with Crippen LogP contribution >= 0.6 is 0 Å². The summed E-state index contributed by atoms with van der Waals surface area (Å²) < 4.78 is 6.91. The number of aryl methyl sites for hydroxylation is 1. The Morgan fingerprint density at radius 2 is 1.97 bits per heavy atom. The van der Waals surface area contributed by atoms with Crippen LogP contribution in [0.5, 0.6) is 0 Å². The Hall–Kier alpha value is -2.70. The first kappa shape index (κ1) is 21.0. The molecule has 0 atom stereocenters. The van der Waals surface area contributed by atoms with Gasteiger partial charge >= 0.3 is 5.97 Å². The number of esters is 1. The summed E-state index contributed by atoms with van der Waals surface area (Å²) in [6.45, 7) is 6.13. The summed E-state index contributed by atoms with van der Waals surface area (Å²) in [4.78, 5) is 41.9. The maximum Gasteiger partial charge on any atom is 0.338 e. The lowest BCUT2D eigenvalue weighted by Crippen LogP contribution is -2.44. The van der Waals surface area contributed by atoms with Gasteiger partial charge in [-0.1, -0.05) is 19.8 Å². The van der Waals surface area contributed by atoms with E-state index in [0.29, 0.717) is 17.4 Å². The molecule has 2 heterocycles. The summed E-state index contributed by atoms with van der Waals surface area (Å²) in [5.41, 5.74) is 0.360. The van der Waals surface area contributed by atoms with E-state index in [1.54, 1.807) is 22.8 Å². The fraction of sp³-hybridized carbons (Fsp3) is 0.545. The molecule has 2 aromatic rings. The molecule has 1 aromatic carbocycles. The highest BCUT2D eigenvalue weighted by Gasteiger charge is 2.20. The highest BCUT2D eigenvalue weighted by atomic mass is 16.5. The van der Waals surface area contributed by atoms with Gasteiger partial charge in [0.25, 0.3) is 11.5 Å². The summed E-state index contributed by atoms with van der Waals surface area (Å²) in [6, 6.07) is 4.75. The molecule has 1 aliphatic rings.